The third-order valence-electron chi connectivity index (χ3n) is 4.21. The van der Waals surface area contributed by atoms with Gasteiger partial charge in [-0.15, -0.1) is 0 Å². The number of pyridine rings is 1. The van der Waals surface area contributed by atoms with Gasteiger partial charge in [-0.05, 0) is 48.9 Å². The van der Waals surface area contributed by atoms with E-state index in [0.717, 1.165) is 29.7 Å². The highest BCUT2D eigenvalue weighted by molar-refractivity contribution is 5.82. The number of ether oxygens (including phenoxy) is 1. The summed E-state index contributed by atoms with van der Waals surface area (Å²) in [5.74, 6) is 1.51. The molecule has 120 valence electrons. The SMILES string of the molecule is Cc1ccccc1OCCCNC(=O)[C@H]1C[C@H]1c1cccnc1. The van der Waals surface area contributed by atoms with Gasteiger partial charge >= 0.3 is 0 Å². The molecule has 1 saturated carbocycles. The summed E-state index contributed by atoms with van der Waals surface area (Å²) in [5.41, 5.74) is 2.30. The van der Waals surface area contributed by atoms with Gasteiger partial charge in [0, 0.05) is 24.9 Å². The zero-order chi connectivity index (χ0) is 16.1. The third-order valence-corrected chi connectivity index (χ3v) is 4.21. The lowest BCUT2D eigenvalue weighted by atomic mass is 10.1. The Morgan fingerprint density at radius 2 is 2.17 bits per heavy atom. The Kier molecular flexibility index (Phi) is 4.91. The van der Waals surface area contributed by atoms with E-state index in [9.17, 15) is 4.79 Å². The molecular formula is C19H22N2O2. The molecule has 4 nitrogen and oxygen atoms in total. The molecule has 0 spiro atoms. The van der Waals surface area contributed by atoms with Crippen LogP contribution in [0.5, 0.6) is 5.75 Å². The summed E-state index contributed by atoms with van der Waals surface area (Å²) in [4.78, 5) is 16.2. The number of rotatable bonds is 7. The van der Waals surface area contributed by atoms with Crippen molar-refractivity contribution in [2.45, 2.75) is 25.7 Å². The van der Waals surface area contributed by atoms with Crippen molar-refractivity contribution in [1.82, 2.24) is 10.3 Å². The molecule has 2 atom stereocenters. The molecular weight excluding hydrogens is 288 g/mol. The lowest BCUT2D eigenvalue weighted by Gasteiger charge is -2.09. The maximum atomic E-state index is 12.1. The maximum absolute atomic E-state index is 12.1. The van der Waals surface area contributed by atoms with Gasteiger partial charge in [0.1, 0.15) is 5.75 Å². The fourth-order valence-electron chi connectivity index (χ4n) is 2.76. The van der Waals surface area contributed by atoms with Crippen LogP contribution in [0.2, 0.25) is 0 Å². The minimum atomic E-state index is 0.108. The molecule has 3 rings (SSSR count). The number of carbonyl (C=O) groups excluding carboxylic acids is 1. The van der Waals surface area contributed by atoms with Crippen LogP contribution in [-0.4, -0.2) is 24.0 Å². The molecule has 0 saturated heterocycles. The fourth-order valence-corrected chi connectivity index (χ4v) is 2.76. The van der Waals surface area contributed by atoms with Crippen molar-refractivity contribution in [2.24, 2.45) is 5.92 Å². The smallest absolute Gasteiger partial charge is 0.223 e. The summed E-state index contributed by atoms with van der Waals surface area (Å²) in [6, 6.07) is 11.9. The van der Waals surface area contributed by atoms with Gasteiger partial charge < -0.3 is 10.1 Å². The van der Waals surface area contributed by atoms with E-state index in [4.69, 9.17) is 4.74 Å². The maximum Gasteiger partial charge on any atom is 0.223 e. The second kappa shape index (κ2) is 7.27. The Morgan fingerprint density at radius 1 is 1.30 bits per heavy atom. The van der Waals surface area contributed by atoms with E-state index in [1.54, 1.807) is 6.20 Å². The largest absolute Gasteiger partial charge is 0.493 e. The molecule has 1 aliphatic rings. The second-order valence-electron chi connectivity index (χ2n) is 5.99. The number of hydrogen-bond acceptors (Lipinski definition) is 3. The molecule has 0 unspecified atom stereocenters. The molecule has 1 heterocycles. The number of hydrogen-bond donors (Lipinski definition) is 1. The summed E-state index contributed by atoms with van der Waals surface area (Å²) >= 11 is 0. The summed E-state index contributed by atoms with van der Waals surface area (Å²) in [6.45, 7) is 3.30. The Morgan fingerprint density at radius 3 is 2.96 bits per heavy atom. The molecule has 23 heavy (non-hydrogen) atoms. The molecule has 2 aromatic rings. The van der Waals surface area contributed by atoms with E-state index in [2.05, 4.69) is 10.3 Å². The number of aryl methyl sites for hydroxylation is 1. The monoisotopic (exact) mass is 310 g/mol. The van der Waals surface area contributed by atoms with Gasteiger partial charge in [-0.1, -0.05) is 24.3 Å². The minimum absolute atomic E-state index is 0.108. The van der Waals surface area contributed by atoms with E-state index in [1.807, 2.05) is 49.5 Å². The summed E-state index contributed by atoms with van der Waals surface area (Å²) < 4.78 is 5.73. The number of carbonyl (C=O) groups is 1. The van der Waals surface area contributed by atoms with Crippen molar-refractivity contribution in [3.63, 3.8) is 0 Å². The summed E-state index contributed by atoms with van der Waals surface area (Å²) in [6.07, 6.45) is 5.35. The van der Waals surface area contributed by atoms with Gasteiger partial charge in [0.05, 0.1) is 6.61 Å². The highest BCUT2D eigenvalue weighted by atomic mass is 16.5. The highest BCUT2D eigenvalue weighted by Crippen LogP contribution is 2.47. The Labute approximate surface area is 136 Å². The van der Waals surface area contributed by atoms with Crippen LogP contribution in [-0.2, 0) is 4.79 Å². The molecule has 1 amide bonds. The second-order valence-corrected chi connectivity index (χ2v) is 5.99. The van der Waals surface area contributed by atoms with E-state index in [-0.39, 0.29) is 11.8 Å². The number of amides is 1. The number of nitrogens with one attached hydrogen (secondary N) is 1. The first kappa shape index (κ1) is 15.5. The number of benzene rings is 1. The average Bonchev–Trinajstić information content (AvgIpc) is 3.37. The van der Waals surface area contributed by atoms with Crippen LogP contribution in [0.4, 0.5) is 0 Å². The van der Waals surface area contributed by atoms with Gasteiger partial charge in [-0.3, -0.25) is 9.78 Å². The van der Waals surface area contributed by atoms with Crippen LogP contribution in [0.15, 0.2) is 48.8 Å². The van der Waals surface area contributed by atoms with Gasteiger partial charge in [0.15, 0.2) is 0 Å². The predicted octanol–water partition coefficient (Wildman–Crippen LogP) is 3.08. The van der Waals surface area contributed by atoms with Gasteiger partial charge in [0.25, 0.3) is 0 Å². The Hall–Kier alpha value is -2.36. The summed E-state index contributed by atoms with van der Waals surface area (Å²) in [7, 11) is 0. The van der Waals surface area contributed by atoms with Crippen molar-refractivity contribution >= 4 is 5.91 Å². The molecule has 4 heteroatoms. The van der Waals surface area contributed by atoms with E-state index >= 15 is 0 Å². The fraction of sp³-hybridized carbons (Fsp3) is 0.368. The van der Waals surface area contributed by atoms with Gasteiger partial charge in [-0.25, -0.2) is 0 Å². The van der Waals surface area contributed by atoms with E-state index < -0.39 is 0 Å². The molecule has 1 fully saturated rings. The third kappa shape index (κ3) is 4.09. The van der Waals surface area contributed by atoms with Crippen LogP contribution >= 0.6 is 0 Å². The van der Waals surface area contributed by atoms with Crippen LogP contribution in [0, 0.1) is 12.8 Å². The van der Waals surface area contributed by atoms with Crippen molar-refractivity contribution in [1.29, 1.82) is 0 Å². The van der Waals surface area contributed by atoms with Crippen LogP contribution < -0.4 is 10.1 Å². The minimum Gasteiger partial charge on any atom is -0.493 e. The van der Waals surface area contributed by atoms with Gasteiger partial charge in [0.2, 0.25) is 5.91 Å². The normalized spacial score (nSPS) is 19.2. The lowest BCUT2D eigenvalue weighted by Crippen LogP contribution is -2.27. The summed E-state index contributed by atoms with van der Waals surface area (Å²) in [5, 5.41) is 3.01. The van der Waals surface area contributed by atoms with Crippen LogP contribution in [0.1, 0.15) is 29.9 Å². The molecule has 1 aromatic carbocycles. The average molecular weight is 310 g/mol. The van der Waals surface area contributed by atoms with Crippen LogP contribution in [0.3, 0.4) is 0 Å². The van der Waals surface area contributed by atoms with Gasteiger partial charge in [-0.2, -0.15) is 0 Å². The zero-order valence-electron chi connectivity index (χ0n) is 13.4. The van der Waals surface area contributed by atoms with Crippen LogP contribution in [0.25, 0.3) is 0 Å². The molecule has 0 radical (unpaired) electrons. The molecule has 1 aliphatic carbocycles. The number of aromatic nitrogens is 1. The zero-order valence-corrected chi connectivity index (χ0v) is 13.4. The molecule has 1 aromatic heterocycles. The first-order valence-corrected chi connectivity index (χ1v) is 8.12. The molecule has 0 aliphatic heterocycles. The molecule has 1 N–H and O–H groups in total. The van der Waals surface area contributed by atoms with E-state index in [1.165, 1.54) is 0 Å². The molecule has 0 bridgehead atoms. The van der Waals surface area contributed by atoms with E-state index in [0.29, 0.717) is 19.1 Å². The van der Waals surface area contributed by atoms with Crippen molar-refractivity contribution < 1.29 is 9.53 Å². The van der Waals surface area contributed by atoms with Crippen molar-refractivity contribution in [2.75, 3.05) is 13.2 Å². The topological polar surface area (TPSA) is 51.2 Å². The van der Waals surface area contributed by atoms with Crippen molar-refractivity contribution in [3.8, 4) is 5.75 Å². The Bertz CT molecular complexity index is 657. The predicted molar refractivity (Wildman–Crippen MR) is 89.4 cm³/mol. The lowest BCUT2D eigenvalue weighted by molar-refractivity contribution is -0.122. The number of nitrogens with zero attached hydrogens (tertiary/aromatic N) is 1. The highest BCUT2D eigenvalue weighted by Gasteiger charge is 2.43. The Balaban J connectivity index is 1.34. The van der Waals surface area contributed by atoms with Crippen molar-refractivity contribution in [3.05, 3.63) is 59.9 Å². The number of para-hydroxylation sites is 1. The first-order chi connectivity index (χ1) is 11.3. The first-order valence-electron chi connectivity index (χ1n) is 8.12. The quantitative estimate of drug-likeness (QED) is 0.800. The standard InChI is InChI=1S/C19H22N2O2/c1-14-6-2-3-8-18(14)23-11-5-10-21-19(22)17-12-16(17)15-7-4-9-20-13-15/h2-4,6-9,13,16-17H,5,10-12H2,1H3,(H,21,22)/t16-,17-/m0/s1.